The lowest BCUT2D eigenvalue weighted by atomic mass is 10.1. The minimum atomic E-state index is -0.801. The average Bonchev–Trinajstić information content (AvgIpc) is 2.44. The van der Waals surface area contributed by atoms with Crippen LogP contribution in [0.15, 0.2) is 18.2 Å². The maximum atomic E-state index is 11.9. The molecule has 114 valence electrons. The summed E-state index contributed by atoms with van der Waals surface area (Å²) in [6.07, 6.45) is 2.14. The molecule has 1 atom stereocenters. The SMILES string of the molecule is CCCCC(C)OC(=O)c1cc([N+](=O)[O-])cc([N+](=O)[O-])c1. The van der Waals surface area contributed by atoms with Gasteiger partial charge in [0.2, 0.25) is 0 Å². The molecule has 21 heavy (non-hydrogen) atoms. The molecule has 0 amide bonds. The second-order valence-corrected chi connectivity index (χ2v) is 4.61. The third-order valence-electron chi connectivity index (χ3n) is 2.83. The number of hydrogen-bond acceptors (Lipinski definition) is 6. The highest BCUT2D eigenvalue weighted by Crippen LogP contribution is 2.23. The Hall–Kier alpha value is -2.51. The van der Waals surface area contributed by atoms with Crippen LogP contribution < -0.4 is 0 Å². The fourth-order valence-electron chi connectivity index (χ4n) is 1.73. The maximum absolute atomic E-state index is 11.9. The highest BCUT2D eigenvalue weighted by Gasteiger charge is 2.21. The second-order valence-electron chi connectivity index (χ2n) is 4.61. The number of carbonyl (C=O) groups excluding carboxylic acids is 1. The van der Waals surface area contributed by atoms with E-state index in [9.17, 15) is 25.0 Å². The monoisotopic (exact) mass is 296 g/mol. The molecule has 0 bridgehead atoms. The van der Waals surface area contributed by atoms with Gasteiger partial charge in [-0.1, -0.05) is 19.8 Å². The van der Waals surface area contributed by atoms with Crippen molar-refractivity contribution in [2.45, 2.75) is 39.2 Å². The summed E-state index contributed by atoms with van der Waals surface area (Å²) < 4.78 is 5.12. The van der Waals surface area contributed by atoms with Crippen molar-refractivity contribution in [3.8, 4) is 0 Å². The quantitative estimate of drug-likeness (QED) is 0.433. The molecule has 0 aliphatic rings. The molecular formula is C13H16N2O6. The Bertz CT molecular complexity index is 525. The summed E-state index contributed by atoms with van der Waals surface area (Å²) in [4.78, 5) is 31.8. The van der Waals surface area contributed by atoms with Crippen LogP contribution in [0, 0.1) is 20.2 Å². The summed E-state index contributed by atoms with van der Waals surface area (Å²) in [5.41, 5.74) is -1.23. The van der Waals surface area contributed by atoms with E-state index in [2.05, 4.69) is 0 Å². The van der Waals surface area contributed by atoms with Gasteiger partial charge in [0, 0.05) is 12.1 Å². The van der Waals surface area contributed by atoms with Crippen molar-refractivity contribution in [1.82, 2.24) is 0 Å². The van der Waals surface area contributed by atoms with E-state index in [-0.39, 0.29) is 11.7 Å². The number of unbranched alkanes of at least 4 members (excludes halogenated alkanes) is 1. The Kier molecular flexibility index (Phi) is 5.77. The Morgan fingerprint density at radius 3 is 2.14 bits per heavy atom. The van der Waals surface area contributed by atoms with Crippen LogP contribution in [0.1, 0.15) is 43.5 Å². The summed E-state index contributed by atoms with van der Waals surface area (Å²) in [6, 6.07) is 2.75. The lowest BCUT2D eigenvalue weighted by molar-refractivity contribution is -0.394. The van der Waals surface area contributed by atoms with Gasteiger partial charge in [-0.05, 0) is 13.3 Å². The minimum absolute atomic E-state index is 0.195. The van der Waals surface area contributed by atoms with Crippen LogP contribution in [-0.2, 0) is 4.74 Å². The summed E-state index contributed by atoms with van der Waals surface area (Å²) in [5, 5.41) is 21.5. The first-order valence-corrected chi connectivity index (χ1v) is 6.50. The predicted molar refractivity (Wildman–Crippen MR) is 74.2 cm³/mol. The highest BCUT2D eigenvalue weighted by atomic mass is 16.6. The number of rotatable bonds is 7. The van der Waals surface area contributed by atoms with Crippen LogP contribution in [0.3, 0.4) is 0 Å². The molecule has 1 unspecified atom stereocenters. The summed E-state index contributed by atoms with van der Waals surface area (Å²) in [5.74, 6) is -0.801. The molecular weight excluding hydrogens is 280 g/mol. The number of hydrogen-bond donors (Lipinski definition) is 0. The number of benzene rings is 1. The highest BCUT2D eigenvalue weighted by molar-refractivity contribution is 5.91. The van der Waals surface area contributed by atoms with Crippen LogP contribution in [0.4, 0.5) is 11.4 Å². The van der Waals surface area contributed by atoms with Gasteiger partial charge >= 0.3 is 5.97 Å². The van der Waals surface area contributed by atoms with E-state index < -0.39 is 27.2 Å². The number of ether oxygens (including phenoxy) is 1. The molecule has 1 aromatic rings. The zero-order chi connectivity index (χ0) is 16.0. The van der Waals surface area contributed by atoms with E-state index >= 15 is 0 Å². The van der Waals surface area contributed by atoms with Crippen LogP contribution in [0.2, 0.25) is 0 Å². The van der Waals surface area contributed by atoms with E-state index in [4.69, 9.17) is 4.74 Å². The number of carbonyl (C=O) groups is 1. The third kappa shape index (κ3) is 4.83. The molecule has 0 N–H and O–H groups in total. The number of nitro groups is 2. The van der Waals surface area contributed by atoms with Gasteiger partial charge in [0.15, 0.2) is 0 Å². The number of esters is 1. The maximum Gasteiger partial charge on any atom is 0.338 e. The smallest absolute Gasteiger partial charge is 0.338 e. The van der Waals surface area contributed by atoms with Crippen molar-refractivity contribution in [1.29, 1.82) is 0 Å². The minimum Gasteiger partial charge on any atom is -0.459 e. The molecule has 1 rings (SSSR count). The van der Waals surface area contributed by atoms with E-state index in [1.807, 2.05) is 6.92 Å². The molecule has 0 fully saturated rings. The molecule has 0 aliphatic carbocycles. The van der Waals surface area contributed by atoms with E-state index in [1.54, 1.807) is 6.92 Å². The summed E-state index contributed by atoms with van der Waals surface area (Å²) in [6.45, 7) is 3.71. The molecule has 0 aromatic heterocycles. The Morgan fingerprint density at radius 2 is 1.71 bits per heavy atom. The van der Waals surface area contributed by atoms with Gasteiger partial charge in [-0.2, -0.15) is 0 Å². The van der Waals surface area contributed by atoms with Gasteiger partial charge < -0.3 is 4.74 Å². The molecule has 1 aromatic carbocycles. The first kappa shape index (κ1) is 16.5. The van der Waals surface area contributed by atoms with Crippen LogP contribution in [-0.4, -0.2) is 21.9 Å². The molecule has 0 heterocycles. The number of nitrogens with zero attached hydrogens (tertiary/aromatic N) is 2. The van der Waals surface area contributed by atoms with Gasteiger partial charge in [-0.25, -0.2) is 4.79 Å². The topological polar surface area (TPSA) is 113 Å². The molecule has 0 aliphatic heterocycles. The Labute approximate surface area is 121 Å². The number of non-ortho nitro benzene ring substituents is 2. The lowest BCUT2D eigenvalue weighted by Crippen LogP contribution is -2.15. The van der Waals surface area contributed by atoms with Crippen molar-refractivity contribution < 1.29 is 19.4 Å². The first-order chi connectivity index (χ1) is 9.85. The van der Waals surface area contributed by atoms with Gasteiger partial charge in [0.1, 0.15) is 0 Å². The molecule has 0 radical (unpaired) electrons. The normalized spacial score (nSPS) is 11.7. The van der Waals surface area contributed by atoms with Crippen molar-refractivity contribution >= 4 is 17.3 Å². The van der Waals surface area contributed by atoms with Crippen molar-refractivity contribution in [2.24, 2.45) is 0 Å². The van der Waals surface area contributed by atoms with Crippen molar-refractivity contribution in [2.75, 3.05) is 0 Å². The molecule has 8 heteroatoms. The van der Waals surface area contributed by atoms with Gasteiger partial charge in [0.05, 0.1) is 27.6 Å². The Morgan fingerprint density at radius 1 is 1.19 bits per heavy atom. The number of nitro benzene ring substituents is 2. The van der Waals surface area contributed by atoms with E-state index in [0.29, 0.717) is 6.42 Å². The summed E-state index contributed by atoms with van der Waals surface area (Å²) >= 11 is 0. The Balaban J connectivity index is 2.97. The third-order valence-corrected chi connectivity index (χ3v) is 2.83. The first-order valence-electron chi connectivity index (χ1n) is 6.50. The standard InChI is InChI=1S/C13H16N2O6/c1-3-4-5-9(2)21-13(16)10-6-11(14(17)18)8-12(7-10)15(19)20/h6-9H,3-5H2,1-2H3. The predicted octanol–water partition coefficient (Wildman–Crippen LogP) is 3.24. The van der Waals surface area contributed by atoms with Crippen LogP contribution >= 0.6 is 0 Å². The van der Waals surface area contributed by atoms with E-state index in [0.717, 1.165) is 31.0 Å². The molecule has 0 spiro atoms. The van der Waals surface area contributed by atoms with Gasteiger partial charge in [-0.15, -0.1) is 0 Å². The van der Waals surface area contributed by atoms with Gasteiger partial charge in [0.25, 0.3) is 11.4 Å². The molecule has 8 nitrogen and oxygen atoms in total. The molecule has 0 saturated heterocycles. The van der Waals surface area contributed by atoms with Crippen LogP contribution in [0.25, 0.3) is 0 Å². The van der Waals surface area contributed by atoms with Crippen LogP contribution in [0.5, 0.6) is 0 Å². The average molecular weight is 296 g/mol. The van der Waals surface area contributed by atoms with Gasteiger partial charge in [-0.3, -0.25) is 20.2 Å². The van der Waals surface area contributed by atoms with Crippen molar-refractivity contribution in [3.63, 3.8) is 0 Å². The second kappa shape index (κ2) is 7.32. The fourth-order valence-corrected chi connectivity index (χ4v) is 1.73. The summed E-state index contributed by atoms with van der Waals surface area (Å²) in [7, 11) is 0. The van der Waals surface area contributed by atoms with E-state index in [1.165, 1.54) is 0 Å². The fraction of sp³-hybridized carbons (Fsp3) is 0.462. The molecule has 0 saturated carbocycles. The largest absolute Gasteiger partial charge is 0.459 e. The zero-order valence-corrected chi connectivity index (χ0v) is 11.8. The van der Waals surface area contributed by atoms with Crippen molar-refractivity contribution in [3.05, 3.63) is 44.0 Å². The lowest BCUT2D eigenvalue weighted by Gasteiger charge is -2.12. The zero-order valence-electron chi connectivity index (χ0n) is 11.8.